The number of nitrogens with one attached hydrogen (secondary N) is 2. The van der Waals surface area contributed by atoms with Gasteiger partial charge in [0.15, 0.2) is 0 Å². The van der Waals surface area contributed by atoms with Crippen molar-refractivity contribution in [2.24, 2.45) is 0 Å². The molecule has 0 bridgehead atoms. The number of rotatable bonds is 4. The molecule has 2 saturated heterocycles. The predicted molar refractivity (Wildman–Crippen MR) is 75.5 cm³/mol. The van der Waals surface area contributed by atoms with E-state index < -0.39 is 10.2 Å². The highest BCUT2D eigenvalue weighted by atomic mass is 32.2. The van der Waals surface area contributed by atoms with E-state index in [9.17, 15) is 13.2 Å². The second-order valence-corrected chi connectivity index (χ2v) is 7.10. The zero-order valence-corrected chi connectivity index (χ0v) is 12.4. The SMILES string of the molecule is O=C1CC[C@@H](NS(=O)(=O)N2CCC[C@@H]2c2ccco2)CN1. The summed E-state index contributed by atoms with van der Waals surface area (Å²) in [6.07, 6.45) is 4.02. The molecule has 0 radical (unpaired) electrons. The van der Waals surface area contributed by atoms with Crippen molar-refractivity contribution in [3.8, 4) is 0 Å². The summed E-state index contributed by atoms with van der Waals surface area (Å²) in [5.41, 5.74) is 0. The molecule has 2 aliphatic rings. The lowest BCUT2D eigenvalue weighted by Gasteiger charge is -2.28. The third-order valence-electron chi connectivity index (χ3n) is 3.97. The molecule has 0 aliphatic carbocycles. The first-order valence-corrected chi connectivity index (χ1v) is 8.59. The summed E-state index contributed by atoms with van der Waals surface area (Å²) in [6, 6.07) is 3.09. The molecule has 2 atom stereocenters. The van der Waals surface area contributed by atoms with Gasteiger partial charge in [-0.2, -0.15) is 17.4 Å². The molecule has 2 fully saturated rings. The summed E-state index contributed by atoms with van der Waals surface area (Å²) in [6.45, 7) is 0.830. The minimum Gasteiger partial charge on any atom is -0.468 e. The Morgan fingerprint density at radius 2 is 2.24 bits per heavy atom. The van der Waals surface area contributed by atoms with Crippen LogP contribution >= 0.6 is 0 Å². The third-order valence-corrected chi connectivity index (χ3v) is 5.65. The molecule has 2 N–H and O–H groups in total. The summed E-state index contributed by atoms with van der Waals surface area (Å²) in [7, 11) is -3.58. The largest absolute Gasteiger partial charge is 0.468 e. The minimum absolute atomic E-state index is 0.0277. The van der Waals surface area contributed by atoms with E-state index in [2.05, 4.69) is 10.0 Å². The van der Waals surface area contributed by atoms with E-state index in [1.807, 2.05) is 0 Å². The minimum atomic E-state index is -3.58. The fourth-order valence-corrected chi connectivity index (χ4v) is 4.58. The molecule has 0 saturated carbocycles. The molecule has 21 heavy (non-hydrogen) atoms. The van der Waals surface area contributed by atoms with Gasteiger partial charge >= 0.3 is 0 Å². The van der Waals surface area contributed by atoms with Gasteiger partial charge in [0.25, 0.3) is 10.2 Å². The van der Waals surface area contributed by atoms with Gasteiger partial charge in [0.2, 0.25) is 5.91 Å². The molecule has 0 aromatic carbocycles. The van der Waals surface area contributed by atoms with Gasteiger partial charge in [-0.1, -0.05) is 0 Å². The predicted octanol–water partition coefficient (Wildman–Crippen LogP) is 0.529. The summed E-state index contributed by atoms with van der Waals surface area (Å²) in [5.74, 6) is 0.648. The van der Waals surface area contributed by atoms with Gasteiger partial charge in [-0.05, 0) is 31.4 Å². The van der Waals surface area contributed by atoms with Gasteiger partial charge in [-0.15, -0.1) is 0 Å². The van der Waals surface area contributed by atoms with Crippen LogP contribution in [0.3, 0.4) is 0 Å². The topological polar surface area (TPSA) is 91.7 Å². The highest BCUT2D eigenvalue weighted by molar-refractivity contribution is 7.87. The lowest BCUT2D eigenvalue weighted by Crippen LogP contribution is -2.51. The van der Waals surface area contributed by atoms with Crippen molar-refractivity contribution in [3.05, 3.63) is 24.2 Å². The molecule has 1 amide bonds. The first-order valence-electron chi connectivity index (χ1n) is 7.15. The van der Waals surface area contributed by atoms with E-state index in [4.69, 9.17) is 4.42 Å². The summed E-state index contributed by atoms with van der Waals surface area (Å²) >= 11 is 0. The molecule has 0 unspecified atom stereocenters. The van der Waals surface area contributed by atoms with E-state index in [0.717, 1.165) is 12.8 Å². The van der Waals surface area contributed by atoms with Crippen molar-refractivity contribution in [1.29, 1.82) is 0 Å². The number of carbonyl (C=O) groups excluding carboxylic acids is 1. The molecule has 3 rings (SSSR count). The molecule has 7 nitrogen and oxygen atoms in total. The maximum atomic E-state index is 12.5. The van der Waals surface area contributed by atoms with Crippen LogP contribution in [0, 0.1) is 0 Å². The van der Waals surface area contributed by atoms with Crippen LogP contribution in [-0.4, -0.2) is 37.8 Å². The van der Waals surface area contributed by atoms with Crippen LogP contribution in [0.15, 0.2) is 22.8 Å². The molecule has 1 aromatic rings. The van der Waals surface area contributed by atoms with Crippen LogP contribution in [0.1, 0.15) is 37.5 Å². The Kier molecular flexibility index (Phi) is 4.01. The van der Waals surface area contributed by atoms with Crippen LogP contribution in [0.5, 0.6) is 0 Å². The number of furan rings is 1. The van der Waals surface area contributed by atoms with Crippen molar-refractivity contribution >= 4 is 16.1 Å². The lowest BCUT2D eigenvalue weighted by atomic mass is 10.1. The third kappa shape index (κ3) is 3.12. The number of hydrogen-bond donors (Lipinski definition) is 2. The van der Waals surface area contributed by atoms with Gasteiger partial charge in [-0.3, -0.25) is 4.79 Å². The summed E-state index contributed by atoms with van der Waals surface area (Å²) in [4.78, 5) is 11.1. The van der Waals surface area contributed by atoms with Crippen LogP contribution < -0.4 is 10.0 Å². The van der Waals surface area contributed by atoms with E-state index in [0.29, 0.717) is 31.7 Å². The van der Waals surface area contributed by atoms with Gasteiger partial charge in [-0.25, -0.2) is 0 Å². The average molecular weight is 313 g/mol. The maximum Gasteiger partial charge on any atom is 0.280 e. The van der Waals surface area contributed by atoms with E-state index in [1.165, 1.54) is 4.31 Å². The Hall–Kier alpha value is -1.38. The summed E-state index contributed by atoms with van der Waals surface area (Å²) in [5, 5.41) is 2.68. The van der Waals surface area contributed by atoms with Crippen molar-refractivity contribution in [3.63, 3.8) is 0 Å². The molecular weight excluding hydrogens is 294 g/mol. The normalized spacial score (nSPS) is 27.7. The number of nitrogens with zero attached hydrogens (tertiary/aromatic N) is 1. The van der Waals surface area contributed by atoms with E-state index >= 15 is 0 Å². The van der Waals surface area contributed by atoms with Crippen LogP contribution in [0.25, 0.3) is 0 Å². The monoisotopic (exact) mass is 313 g/mol. The van der Waals surface area contributed by atoms with Crippen molar-refractivity contribution < 1.29 is 17.6 Å². The number of carbonyl (C=O) groups is 1. The van der Waals surface area contributed by atoms with Crippen molar-refractivity contribution in [2.45, 2.75) is 37.8 Å². The maximum absolute atomic E-state index is 12.5. The standard InChI is InChI=1S/C13H19N3O4S/c17-13-6-5-10(9-14-13)15-21(18,19)16-7-1-3-11(16)12-4-2-8-20-12/h2,4,8,10-11,15H,1,3,5-7,9H2,(H,14,17)/t10-,11-/m1/s1. The average Bonchev–Trinajstić information content (AvgIpc) is 3.11. The first kappa shape index (κ1) is 14.6. The van der Waals surface area contributed by atoms with Crippen molar-refractivity contribution in [1.82, 2.24) is 14.3 Å². The molecule has 116 valence electrons. The second kappa shape index (κ2) is 5.78. The highest BCUT2D eigenvalue weighted by Crippen LogP contribution is 2.34. The first-order chi connectivity index (χ1) is 10.1. The van der Waals surface area contributed by atoms with Crippen molar-refractivity contribution in [2.75, 3.05) is 13.1 Å². The van der Waals surface area contributed by atoms with Gasteiger partial charge in [0.05, 0.1) is 12.3 Å². The smallest absolute Gasteiger partial charge is 0.280 e. The zero-order chi connectivity index (χ0) is 14.9. The molecule has 8 heteroatoms. The Morgan fingerprint density at radius 3 is 2.90 bits per heavy atom. The summed E-state index contributed by atoms with van der Waals surface area (Å²) < 4.78 is 34.6. The van der Waals surface area contributed by atoms with Crippen LogP contribution in [0.2, 0.25) is 0 Å². The Morgan fingerprint density at radius 1 is 1.38 bits per heavy atom. The number of piperidine rings is 1. The van der Waals surface area contributed by atoms with Gasteiger partial charge < -0.3 is 9.73 Å². The second-order valence-electron chi connectivity index (χ2n) is 5.45. The fourth-order valence-electron chi connectivity index (χ4n) is 2.90. The quantitative estimate of drug-likeness (QED) is 0.848. The molecule has 1 aromatic heterocycles. The molecule has 2 aliphatic heterocycles. The number of hydrogen-bond acceptors (Lipinski definition) is 4. The Labute approximate surface area is 123 Å². The Bertz CT molecular complexity index is 589. The molecule has 3 heterocycles. The fraction of sp³-hybridized carbons (Fsp3) is 0.615. The van der Waals surface area contributed by atoms with Gasteiger partial charge in [0, 0.05) is 25.6 Å². The van der Waals surface area contributed by atoms with Gasteiger partial charge in [0.1, 0.15) is 5.76 Å². The Balaban J connectivity index is 1.70. The van der Waals surface area contributed by atoms with Crippen LogP contribution in [-0.2, 0) is 15.0 Å². The highest BCUT2D eigenvalue weighted by Gasteiger charge is 2.38. The lowest BCUT2D eigenvalue weighted by molar-refractivity contribution is -0.122. The van der Waals surface area contributed by atoms with E-state index in [1.54, 1.807) is 18.4 Å². The van der Waals surface area contributed by atoms with E-state index in [-0.39, 0.29) is 18.0 Å². The van der Waals surface area contributed by atoms with Crippen LogP contribution in [0.4, 0.5) is 0 Å². The number of amides is 1. The zero-order valence-electron chi connectivity index (χ0n) is 11.6. The molecule has 0 spiro atoms. The molecular formula is C13H19N3O4S.